The average molecular weight is 387 g/mol. The van der Waals surface area contributed by atoms with Crippen LogP contribution in [0.2, 0.25) is 0 Å². The Kier molecular flexibility index (Phi) is 5.33. The van der Waals surface area contributed by atoms with E-state index in [9.17, 15) is 24.8 Å². The third-order valence-electron chi connectivity index (χ3n) is 4.05. The lowest BCUT2D eigenvalue weighted by molar-refractivity contribution is 0.0680. The van der Waals surface area contributed by atoms with Gasteiger partial charge in [-0.25, -0.2) is 9.59 Å². The fourth-order valence-electron chi connectivity index (χ4n) is 2.63. The monoisotopic (exact) mass is 387 g/mol. The second-order valence-corrected chi connectivity index (χ2v) is 5.87. The molecule has 0 saturated heterocycles. The zero-order chi connectivity index (χ0) is 21.0. The lowest BCUT2D eigenvalue weighted by Gasteiger charge is -2.09. The van der Waals surface area contributed by atoms with E-state index in [0.29, 0.717) is 11.3 Å². The van der Waals surface area contributed by atoms with E-state index in [1.54, 1.807) is 36.4 Å². The summed E-state index contributed by atoms with van der Waals surface area (Å²) in [6.45, 7) is 0. The maximum atomic E-state index is 12.7. The number of para-hydroxylation sites is 1. The molecule has 0 radical (unpaired) electrons. The van der Waals surface area contributed by atoms with Crippen LogP contribution in [-0.2, 0) is 0 Å². The van der Waals surface area contributed by atoms with Gasteiger partial charge in [-0.05, 0) is 29.8 Å². The molecule has 0 spiro atoms. The smallest absolute Gasteiger partial charge is 0.357 e. The first kappa shape index (κ1) is 19.3. The van der Waals surface area contributed by atoms with Crippen LogP contribution in [0.15, 0.2) is 59.4 Å². The summed E-state index contributed by atoms with van der Waals surface area (Å²) in [5.74, 6) is -2.47. The first-order valence-electron chi connectivity index (χ1n) is 8.30. The number of hydrogen-bond acceptors (Lipinski definition) is 5. The van der Waals surface area contributed by atoms with Crippen LogP contribution in [0.1, 0.15) is 37.5 Å². The molecule has 0 aliphatic rings. The number of benzene rings is 2. The van der Waals surface area contributed by atoms with Crippen LogP contribution in [-0.4, -0.2) is 31.9 Å². The standard InChI is InChI=1S/C21H13N3O5/c22-12-17-16(11-8-13-6-9-14(10-7-13)20(26)27)18(21(28)29)23-24(19(17)25)15-4-2-1-3-5-15/h1-11H,(H,26,27)(H,28,29)/b11-8-. The first-order valence-corrected chi connectivity index (χ1v) is 8.30. The Morgan fingerprint density at radius 1 is 0.966 bits per heavy atom. The Balaban J connectivity index is 2.14. The molecule has 0 fully saturated rings. The molecular weight excluding hydrogens is 374 g/mol. The summed E-state index contributed by atoms with van der Waals surface area (Å²) < 4.78 is 0.876. The summed E-state index contributed by atoms with van der Waals surface area (Å²) in [6, 6.07) is 15.8. The van der Waals surface area contributed by atoms with Gasteiger partial charge in [0.15, 0.2) is 5.69 Å². The fraction of sp³-hybridized carbons (Fsp3) is 0. The second-order valence-electron chi connectivity index (χ2n) is 5.87. The molecule has 1 heterocycles. The molecule has 0 amide bonds. The zero-order valence-electron chi connectivity index (χ0n) is 14.8. The van der Waals surface area contributed by atoms with Gasteiger partial charge in [-0.2, -0.15) is 15.0 Å². The topological polar surface area (TPSA) is 133 Å². The highest BCUT2D eigenvalue weighted by Crippen LogP contribution is 2.16. The van der Waals surface area contributed by atoms with Crippen molar-refractivity contribution in [1.82, 2.24) is 9.78 Å². The predicted octanol–water partition coefficient (Wildman–Crippen LogP) is 2.67. The normalized spacial score (nSPS) is 10.6. The number of hydrogen-bond donors (Lipinski definition) is 2. The van der Waals surface area contributed by atoms with Crippen molar-refractivity contribution in [2.75, 3.05) is 0 Å². The van der Waals surface area contributed by atoms with Crippen molar-refractivity contribution in [1.29, 1.82) is 5.26 Å². The van der Waals surface area contributed by atoms with Gasteiger partial charge in [0.25, 0.3) is 5.56 Å². The number of nitrogens with zero attached hydrogens (tertiary/aromatic N) is 3. The molecule has 3 rings (SSSR count). The van der Waals surface area contributed by atoms with Crippen molar-refractivity contribution in [3.63, 3.8) is 0 Å². The zero-order valence-corrected chi connectivity index (χ0v) is 14.8. The number of rotatable bonds is 5. The van der Waals surface area contributed by atoms with E-state index >= 15 is 0 Å². The summed E-state index contributed by atoms with van der Waals surface area (Å²) in [4.78, 5) is 35.4. The van der Waals surface area contributed by atoms with Crippen molar-refractivity contribution in [3.05, 3.63) is 92.9 Å². The van der Waals surface area contributed by atoms with Crippen LogP contribution in [0.25, 0.3) is 17.8 Å². The lowest BCUT2D eigenvalue weighted by Crippen LogP contribution is -2.28. The van der Waals surface area contributed by atoms with Gasteiger partial charge in [-0.3, -0.25) is 4.79 Å². The maximum Gasteiger partial charge on any atom is 0.357 e. The fourth-order valence-corrected chi connectivity index (χ4v) is 2.63. The molecule has 0 saturated carbocycles. The summed E-state index contributed by atoms with van der Waals surface area (Å²) in [7, 11) is 0. The Labute approximate surface area is 164 Å². The molecule has 2 N–H and O–H groups in total. The highest BCUT2D eigenvalue weighted by Gasteiger charge is 2.21. The third-order valence-corrected chi connectivity index (χ3v) is 4.05. The number of aromatic nitrogens is 2. The molecule has 29 heavy (non-hydrogen) atoms. The molecular formula is C21H13N3O5. The molecule has 142 valence electrons. The van der Waals surface area contributed by atoms with E-state index in [0.717, 1.165) is 4.68 Å². The van der Waals surface area contributed by atoms with Crippen LogP contribution >= 0.6 is 0 Å². The number of carboxylic acids is 2. The Morgan fingerprint density at radius 3 is 2.17 bits per heavy atom. The van der Waals surface area contributed by atoms with Crippen molar-refractivity contribution in [2.45, 2.75) is 0 Å². The molecule has 3 aromatic rings. The van der Waals surface area contributed by atoms with Gasteiger partial charge >= 0.3 is 11.9 Å². The van der Waals surface area contributed by atoms with Gasteiger partial charge in [0.2, 0.25) is 0 Å². The molecule has 2 aromatic carbocycles. The first-order chi connectivity index (χ1) is 13.9. The van der Waals surface area contributed by atoms with Crippen LogP contribution in [0.3, 0.4) is 0 Å². The molecule has 8 heteroatoms. The van der Waals surface area contributed by atoms with Crippen molar-refractivity contribution < 1.29 is 19.8 Å². The van der Waals surface area contributed by atoms with E-state index < -0.39 is 23.2 Å². The SMILES string of the molecule is N#Cc1c(/C=C\c2ccc(C(=O)O)cc2)c(C(=O)O)nn(-c2ccccc2)c1=O. The average Bonchev–Trinajstić information content (AvgIpc) is 2.72. The highest BCUT2D eigenvalue weighted by atomic mass is 16.4. The molecule has 0 bridgehead atoms. The van der Waals surface area contributed by atoms with Crippen molar-refractivity contribution in [3.8, 4) is 11.8 Å². The minimum absolute atomic E-state index is 0.0956. The lowest BCUT2D eigenvalue weighted by atomic mass is 10.1. The van der Waals surface area contributed by atoms with Crippen LogP contribution < -0.4 is 5.56 Å². The Morgan fingerprint density at radius 2 is 1.62 bits per heavy atom. The van der Waals surface area contributed by atoms with Gasteiger partial charge in [0.05, 0.1) is 11.3 Å². The minimum atomic E-state index is -1.40. The van der Waals surface area contributed by atoms with E-state index in [1.165, 1.54) is 36.4 Å². The van der Waals surface area contributed by atoms with Gasteiger partial charge in [0, 0.05) is 5.56 Å². The van der Waals surface area contributed by atoms with E-state index in [1.807, 2.05) is 0 Å². The number of carboxylic acid groups (broad SMARTS) is 2. The van der Waals surface area contributed by atoms with Gasteiger partial charge in [-0.15, -0.1) is 0 Å². The van der Waals surface area contributed by atoms with E-state index in [-0.39, 0.29) is 16.7 Å². The minimum Gasteiger partial charge on any atom is -0.478 e. The van der Waals surface area contributed by atoms with Crippen molar-refractivity contribution >= 4 is 24.1 Å². The molecule has 1 aromatic heterocycles. The van der Waals surface area contributed by atoms with Crippen LogP contribution in [0.5, 0.6) is 0 Å². The van der Waals surface area contributed by atoms with Gasteiger partial charge < -0.3 is 10.2 Å². The Hall–Kier alpha value is -4.51. The second kappa shape index (κ2) is 8.02. The summed E-state index contributed by atoms with van der Waals surface area (Å²) >= 11 is 0. The largest absolute Gasteiger partial charge is 0.478 e. The quantitative estimate of drug-likeness (QED) is 0.687. The van der Waals surface area contributed by atoms with E-state index in [4.69, 9.17) is 5.11 Å². The molecule has 0 atom stereocenters. The number of nitriles is 1. The predicted molar refractivity (Wildman–Crippen MR) is 104 cm³/mol. The summed E-state index contributed by atoms with van der Waals surface area (Å²) in [5.41, 5.74) is -0.705. The summed E-state index contributed by atoms with van der Waals surface area (Å²) in [6.07, 6.45) is 2.78. The van der Waals surface area contributed by atoms with Gasteiger partial charge in [0.1, 0.15) is 11.6 Å². The molecule has 8 nitrogen and oxygen atoms in total. The Bertz CT molecular complexity index is 1220. The van der Waals surface area contributed by atoms with Crippen LogP contribution in [0.4, 0.5) is 0 Å². The summed E-state index contributed by atoms with van der Waals surface area (Å²) in [5, 5.41) is 31.9. The van der Waals surface area contributed by atoms with Crippen molar-refractivity contribution in [2.24, 2.45) is 0 Å². The maximum absolute atomic E-state index is 12.7. The highest BCUT2D eigenvalue weighted by molar-refractivity contribution is 5.93. The number of carbonyl (C=O) groups is 2. The molecule has 0 unspecified atom stereocenters. The molecule has 0 aliphatic carbocycles. The molecule has 0 aliphatic heterocycles. The van der Waals surface area contributed by atoms with E-state index in [2.05, 4.69) is 5.10 Å². The third kappa shape index (κ3) is 3.94. The van der Waals surface area contributed by atoms with Crippen LogP contribution in [0, 0.1) is 11.3 Å². The number of aromatic carboxylic acids is 2. The van der Waals surface area contributed by atoms with Gasteiger partial charge in [-0.1, -0.05) is 42.5 Å².